The highest BCUT2D eigenvalue weighted by atomic mass is 35.5. The first-order chi connectivity index (χ1) is 12.0. The molecule has 1 aromatic carbocycles. The molecule has 138 valence electrons. The summed E-state index contributed by atoms with van der Waals surface area (Å²) in [5, 5.41) is 7.00. The molecule has 2 aromatic heterocycles. The van der Waals surface area contributed by atoms with Crippen molar-refractivity contribution in [1.82, 2.24) is 19.6 Å². The summed E-state index contributed by atoms with van der Waals surface area (Å²) in [6, 6.07) is 5.16. The molecule has 0 fully saturated rings. The SMILES string of the molecule is COc1ccc(NC(=O)CCc2c(C)nc3ncnn3c2C)cc1N.Cl. The van der Waals surface area contributed by atoms with Crippen molar-refractivity contribution in [3.63, 3.8) is 0 Å². The highest BCUT2D eigenvalue weighted by molar-refractivity contribution is 5.91. The van der Waals surface area contributed by atoms with Gasteiger partial charge in [-0.1, -0.05) is 0 Å². The average molecular weight is 377 g/mol. The molecule has 9 heteroatoms. The van der Waals surface area contributed by atoms with Crippen LogP contribution in [0.15, 0.2) is 24.5 Å². The number of carbonyl (C=O) groups excluding carboxylic acids is 1. The second-order valence-corrected chi connectivity index (χ2v) is 5.74. The van der Waals surface area contributed by atoms with Gasteiger partial charge in [-0.2, -0.15) is 10.1 Å². The Kier molecular flexibility index (Phi) is 5.99. The second kappa shape index (κ2) is 8.01. The van der Waals surface area contributed by atoms with Gasteiger partial charge in [0.1, 0.15) is 12.1 Å². The van der Waals surface area contributed by atoms with Gasteiger partial charge < -0.3 is 15.8 Å². The number of benzene rings is 1. The van der Waals surface area contributed by atoms with Crippen molar-refractivity contribution in [1.29, 1.82) is 0 Å². The van der Waals surface area contributed by atoms with Crippen LogP contribution in [0.3, 0.4) is 0 Å². The van der Waals surface area contributed by atoms with Crippen LogP contribution in [0.25, 0.3) is 5.78 Å². The maximum absolute atomic E-state index is 12.2. The molecule has 0 atom stereocenters. The number of halogens is 1. The summed E-state index contributed by atoms with van der Waals surface area (Å²) in [5.41, 5.74) is 9.78. The molecule has 3 N–H and O–H groups in total. The van der Waals surface area contributed by atoms with Gasteiger partial charge >= 0.3 is 0 Å². The van der Waals surface area contributed by atoms with Gasteiger partial charge in [0.05, 0.1) is 12.8 Å². The number of fused-ring (bicyclic) bond motifs is 1. The number of hydrogen-bond donors (Lipinski definition) is 2. The number of nitrogen functional groups attached to an aromatic ring is 1. The number of aromatic nitrogens is 4. The molecule has 0 unspecified atom stereocenters. The first kappa shape index (κ1) is 19.5. The molecule has 0 aliphatic heterocycles. The summed E-state index contributed by atoms with van der Waals surface area (Å²) in [7, 11) is 1.55. The van der Waals surface area contributed by atoms with Crippen LogP contribution in [0, 0.1) is 13.8 Å². The summed E-state index contributed by atoms with van der Waals surface area (Å²) >= 11 is 0. The Hall–Kier alpha value is -2.87. The highest BCUT2D eigenvalue weighted by Gasteiger charge is 2.13. The van der Waals surface area contributed by atoms with Crippen LogP contribution < -0.4 is 15.8 Å². The Morgan fingerprint density at radius 1 is 1.35 bits per heavy atom. The van der Waals surface area contributed by atoms with Gasteiger partial charge in [-0.25, -0.2) is 9.50 Å². The van der Waals surface area contributed by atoms with E-state index in [4.69, 9.17) is 10.5 Å². The van der Waals surface area contributed by atoms with Crippen LogP contribution in [0.5, 0.6) is 5.75 Å². The predicted molar refractivity (Wildman–Crippen MR) is 102 cm³/mol. The normalized spacial score (nSPS) is 10.4. The zero-order valence-corrected chi connectivity index (χ0v) is 15.6. The quantitative estimate of drug-likeness (QED) is 0.661. The fourth-order valence-corrected chi connectivity index (χ4v) is 2.79. The van der Waals surface area contributed by atoms with E-state index in [-0.39, 0.29) is 18.3 Å². The van der Waals surface area contributed by atoms with E-state index < -0.39 is 0 Å². The van der Waals surface area contributed by atoms with Crippen molar-refractivity contribution in [3.05, 3.63) is 41.5 Å². The predicted octanol–water partition coefficient (Wildman–Crippen LogP) is 2.33. The van der Waals surface area contributed by atoms with Crippen molar-refractivity contribution >= 4 is 35.5 Å². The Balaban J connectivity index is 0.00000243. The van der Waals surface area contributed by atoms with Gasteiger partial charge in [-0.3, -0.25) is 4.79 Å². The fourth-order valence-electron chi connectivity index (χ4n) is 2.79. The maximum Gasteiger partial charge on any atom is 0.252 e. The van der Waals surface area contributed by atoms with Crippen molar-refractivity contribution in [2.45, 2.75) is 26.7 Å². The largest absolute Gasteiger partial charge is 0.495 e. The minimum Gasteiger partial charge on any atom is -0.495 e. The molecule has 0 radical (unpaired) electrons. The van der Waals surface area contributed by atoms with E-state index in [1.807, 2.05) is 13.8 Å². The molecule has 8 nitrogen and oxygen atoms in total. The number of aryl methyl sites for hydroxylation is 2. The van der Waals surface area contributed by atoms with Crippen molar-refractivity contribution in [2.75, 3.05) is 18.2 Å². The fraction of sp³-hybridized carbons (Fsp3) is 0.294. The molecule has 26 heavy (non-hydrogen) atoms. The summed E-state index contributed by atoms with van der Waals surface area (Å²) in [4.78, 5) is 20.8. The van der Waals surface area contributed by atoms with E-state index in [1.165, 1.54) is 6.33 Å². The third kappa shape index (κ3) is 3.85. The lowest BCUT2D eigenvalue weighted by Gasteiger charge is -2.11. The third-order valence-electron chi connectivity index (χ3n) is 4.10. The Morgan fingerprint density at radius 2 is 2.12 bits per heavy atom. The summed E-state index contributed by atoms with van der Waals surface area (Å²) in [6.07, 6.45) is 2.37. The number of anilines is 2. The molecule has 3 aromatic rings. The van der Waals surface area contributed by atoms with Crippen LogP contribution in [-0.2, 0) is 11.2 Å². The maximum atomic E-state index is 12.2. The average Bonchev–Trinajstić information content (AvgIpc) is 3.03. The number of amides is 1. The van der Waals surface area contributed by atoms with Crippen molar-refractivity contribution in [2.24, 2.45) is 0 Å². The lowest BCUT2D eigenvalue weighted by atomic mass is 10.1. The minimum atomic E-state index is -0.0953. The molecular formula is C17H21ClN6O2. The molecule has 3 rings (SSSR count). The number of nitrogens with two attached hydrogens (primary N) is 1. The minimum absolute atomic E-state index is 0. The third-order valence-corrected chi connectivity index (χ3v) is 4.10. The van der Waals surface area contributed by atoms with Crippen molar-refractivity contribution < 1.29 is 9.53 Å². The van der Waals surface area contributed by atoms with Crippen LogP contribution in [0.4, 0.5) is 11.4 Å². The number of hydrogen-bond acceptors (Lipinski definition) is 6. The van der Waals surface area contributed by atoms with Gasteiger partial charge in [0.2, 0.25) is 5.91 Å². The smallest absolute Gasteiger partial charge is 0.252 e. The van der Waals surface area contributed by atoms with Crippen LogP contribution in [0.1, 0.15) is 23.4 Å². The summed E-state index contributed by atoms with van der Waals surface area (Å²) in [5.74, 6) is 1.05. The summed E-state index contributed by atoms with van der Waals surface area (Å²) in [6.45, 7) is 3.87. The standard InChI is InChI=1S/C17H20N6O2.ClH/c1-10-13(11(2)23-17(21-10)19-9-20-23)5-7-16(24)22-12-4-6-15(25-3)14(18)8-12;/h4,6,8-9H,5,7,18H2,1-3H3,(H,22,24);1H. The lowest BCUT2D eigenvalue weighted by Crippen LogP contribution is -2.14. The van der Waals surface area contributed by atoms with Crippen molar-refractivity contribution in [3.8, 4) is 5.75 Å². The number of nitrogens with zero attached hydrogens (tertiary/aromatic N) is 4. The molecule has 1 amide bonds. The van der Waals surface area contributed by atoms with Gasteiger partial charge in [-0.05, 0) is 44.0 Å². The monoisotopic (exact) mass is 376 g/mol. The van der Waals surface area contributed by atoms with Gasteiger partial charge in [0, 0.05) is 23.5 Å². The van der Waals surface area contributed by atoms with Crippen LogP contribution in [0.2, 0.25) is 0 Å². The molecule has 2 heterocycles. The Bertz CT molecular complexity index is 940. The topological polar surface area (TPSA) is 107 Å². The van der Waals surface area contributed by atoms with Gasteiger partial charge in [0.25, 0.3) is 5.78 Å². The Labute approximate surface area is 157 Å². The molecule has 0 aliphatic rings. The zero-order chi connectivity index (χ0) is 18.0. The van der Waals surface area contributed by atoms with E-state index in [2.05, 4.69) is 20.4 Å². The van der Waals surface area contributed by atoms with Gasteiger partial charge in [0.15, 0.2) is 0 Å². The zero-order valence-electron chi connectivity index (χ0n) is 14.8. The molecule has 0 saturated carbocycles. The summed E-state index contributed by atoms with van der Waals surface area (Å²) < 4.78 is 6.79. The second-order valence-electron chi connectivity index (χ2n) is 5.74. The number of nitrogens with one attached hydrogen (secondary N) is 1. The molecule has 0 spiro atoms. The number of ether oxygens (including phenoxy) is 1. The lowest BCUT2D eigenvalue weighted by molar-refractivity contribution is -0.116. The first-order valence-corrected chi connectivity index (χ1v) is 7.88. The number of methoxy groups -OCH3 is 1. The van der Waals surface area contributed by atoms with E-state index >= 15 is 0 Å². The van der Waals surface area contributed by atoms with E-state index in [9.17, 15) is 4.79 Å². The van der Waals surface area contributed by atoms with E-state index in [0.717, 1.165) is 17.0 Å². The molecule has 0 bridgehead atoms. The number of carbonyl (C=O) groups is 1. The van der Waals surface area contributed by atoms with Gasteiger partial charge in [-0.15, -0.1) is 12.4 Å². The first-order valence-electron chi connectivity index (χ1n) is 7.88. The molecular weight excluding hydrogens is 356 g/mol. The van der Waals surface area contributed by atoms with Crippen LogP contribution in [-0.4, -0.2) is 32.6 Å². The Morgan fingerprint density at radius 3 is 2.81 bits per heavy atom. The van der Waals surface area contributed by atoms with E-state index in [1.54, 1.807) is 29.8 Å². The number of rotatable bonds is 5. The van der Waals surface area contributed by atoms with E-state index in [0.29, 0.717) is 35.7 Å². The molecule has 0 saturated heterocycles. The highest BCUT2D eigenvalue weighted by Crippen LogP contribution is 2.24. The molecule has 0 aliphatic carbocycles. The van der Waals surface area contributed by atoms with Crippen LogP contribution >= 0.6 is 12.4 Å².